The summed E-state index contributed by atoms with van der Waals surface area (Å²) in [4.78, 5) is 14.4. The third-order valence-corrected chi connectivity index (χ3v) is 4.64. The number of piperidine rings is 1. The van der Waals surface area contributed by atoms with Gasteiger partial charge in [0.15, 0.2) is 5.75 Å². The number of amidine groups is 1. The van der Waals surface area contributed by atoms with Crippen molar-refractivity contribution in [1.82, 2.24) is 4.90 Å². The largest absolute Gasteiger partial charge is 0.505 e. The molecule has 0 spiro atoms. The zero-order valence-corrected chi connectivity index (χ0v) is 14.7. The first-order valence-electron chi connectivity index (χ1n) is 8.21. The molecule has 1 fully saturated rings. The number of hydrogen-bond donors (Lipinski definition) is 2. The maximum atomic E-state index is 12.6. The monoisotopic (exact) mass is 364 g/mol. The van der Waals surface area contributed by atoms with E-state index < -0.39 is 11.2 Å². The van der Waals surface area contributed by atoms with E-state index in [0.29, 0.717) is 19.7 Å². The molecule has 2 heterocycles. The average Bonchev–Trinajstić information content (AvgIpc) is 2.96. The van der Waals surface area contributed by atoms with E-state index in [4.69, 9.17) is 4.74 Å². The van der Waals surface area contributed by atoms with Crippen LogP contribution in [0.25, 0.3) is 0 Å². The fourth-order valence-electron chi connectivity index (χ4n) is 2.77. The summed E-state index contributed by atoms with van der Waals surface area (Å²) in [5, 5.41) is 13.4. The molecule has 0 aromatic heterocycles. The summed E-state index contributed by atoms with van der Waals surface area (Å²) in [6.45, 7) is 3.51. The summed E-state index contributed by atoms with van der Waals surface area (Å²) in [6, 6.07) is 4.86. The molecule has 1 aromatic carbocycles. The van der Waals surface area contributed by atoms with Crippen molar-refractivity contribution in [2.24, 2.45) is 8.80 Å². The Balaban J connectivity index is 1.82. The zero-order chi connectivity index (χ0) is 17.8. The number of phenolic OH excluding ortho intramolecular Hbond substituents is 1. The number of likely N-dealkylation sites (tertiary alicyclic amines) is 1. The number of phenols is 1. The summed E-state index contributed by atoms with van der Waals surface area (Å²) in [5.41, 5.74) is 0.509. The standard InChI is InChI=1S/C16H20N4O4S/c1-2-24-15-14(18-25(23)19-15)17-12-8-6-7-11(13(12)21)16(22)20-9-4-3-5-10-20/h6-8,21H,2-5,9-10H2,1H3,(H,17,18). The van der Waals surface area contributed by atoms with Crippen molar-refractivity contribution in [2.75, 3.05) is 25.0 Å². The molecule has 1 saturated heterocycles. The van der Waals surface area contributed by atoms with E-state index in [1.54, 1.807) is 30.0 Å². The Hall–Kier alpha value is -2.42. The number of para-hydroxylation sites is 1. The predicted molar refractivity (Wildman–Crippen MR) is 96.1 cm³/mol. The van der Waals surface area contributed by atoms with Crippen molar-refractivity contribution in [1.29, 1.82) is 0 Å². The van der Waals surface area contributed by atoms with Gasteiger partial charge in [0.25, 0.3) is 23.0 Å². The van der Waals surface area contributed by atoms with Crippen LogP contribution >= 0.6 is 0 Å². The van der Waals surface area contributed by atoms with Gasteiger partial charge in [-0.25, -0.2) is 4.21 Å². The van der Waals surface area contributed by atoms with Crippen LogP contribution in [0.4, 0.5) is 5.69 Å². The summed E-state index contributed by atoms with van der Waals surface area (Å²) < 4.78 is 24.4. The first-order valence-corrected chi connectivity index (χ1v) is 9.27. The van der Waals surface area contributed by atoms with Gasteiger partial charge < -0.3 is 20.1 Å². The molecule has 8 nitrogen and oxygen atoms in total. The lowest BCUT2D eigenvalue weighted by atomic mass is 10.1. The summed E-state index contributed by atoms with van der Waals surface area (Å²) in [5.74, 6) is -0.0863. The molecule has 3 rings (SSSR count). The van der Waals surface area contributed by atoms with Crippen molar-refractivity contribution >= 4 is 34.5 Å². The Morgan fingerprint density at radius 1 is 1.32 bits per heavy atom. The number of ether oxygens (including phenoxy) is 1. The molecule has 134 valence electrons. The van der Waals surface area contributed by atoms with Crippen LogP contribution < -0.4 is 5.32 Å². The average molecular weight is 364 g/mol. The van der Waals surface area contributed by atoms with Crippen LogP contribution in [0.15, 0.2) is 27.0 Å². The summed E-state index contributed by atoms with van der Waals surface area (Å²) >= 11 is -1.75. The second-order valence-corrected chi connectivity index (χ2v) is 6.51. The van der Waals surface area contributed by atoms with Crippen LogP contribution in [0.3, 0.4) is 0 Å². The number of amides is 1. The Morgan fingerprint density at radius 2 is 2.08 bits per heavy atom. The number of carbonyl (C=O) groups excluding carboxylic acids is 1. The Kier molecular flexibility index (Phi) is 5.32. The molecule has 9 heteroatoms. The molecule has 1 aromatic rings. The molecule has 1 unspecified atom stereocenters. The van der Waals surface area contributed by atoms with Crippen LogP contribution in [0, 0.1) is 0 Å². The fraction of sp³-hybridized carbons (Fsp3) is 0.438. The number of nitrogens with zero attached hydrogens (tertiary/aromatic N) is 3. The smallest absolute Gasteiger partial charge is 0.271 e. The number of hydrogen-bond acceptors (Lipinski definition) is 5. The van der Waals surface area contributed by atoms with Crippen LogP contribution in [0.1, 0.15) is 36.5 Å². The molecule has 25 heavy (non-hydrogen) atoms. The Morgan fingerprint density at radius 3 is 2.80 bits per heavy atom. The van der Waals surface area contributed by atoms with Gasteiger partial charge in [-0.3, -0.25) is 4.79 Å². The minimum Gasteiger partial charge on any atom is -0.505 e. The lowest BCUT2D eigenvalue weighted by Crippen LogP contribution is -2.35. The zero-order valence-electron chi connectivity index (χ0n) is 13.9. The highest BCUT2D eigenvalue weighted by Crippen LogP contribution is 2.29. The number of benzene rings is 1. The summed E-state index contributed by atoms with van der Waals surface area (Å²) in [6.07, 6.45) is 3.07. The predicted octanol–water partition coefficient (Wildman–Crippen LogP) is 1.86. The van der Waals surface area contributed by atoms with Gasteiger partial charge in [0.2, 0.25) is 5.84 Å². The van der Waals surface area contributed by atoms with Gasteiger partial charge in [-0.05, 0) is 38.3 Å². The molecule has 2 aliphatic rings. The van der Waals surface area contributed by atoms with E-state index in [-0.39, 0.29) is 34.6 Å². The molecule has 0 radical (unpaired) electrons. The van der Waals surface area contributed by atoms with E-state index in [1.165, 1.54) is 0 Å². The van der Waals surface area contributed by atoms with Crippen LogP contribution in [-0.2, 0) is 15.9 Å². The maximum Gasteiger partial charge on any atom is 0.271 e. The van der Waals surface area contributed by atoms with Crippen LogP contribution in [0.5, 0.6) is 5.75 Å². The summed E-state index contributed by atoms with van der Waals surface area (Å²) in [7, 11) is 0. The molecule has 0 bridgehead atoms. The molecule has 1 atom stereocenters. The van der Waals surface area contributed by atoms with Gasteiger partial charge in [-0.1, -0.05) is 6.07 Å². The highest BCUT2D eigenvalue weighted by molar-refractivity contribution is 7.83. The first kappa shape index (κ1) is 17.4. The molecule has 1 amide bonds. The number of aromatic hydroxyl groups is 1. The van der Waals surface area contributed by atoms with Gasteiger partial charge in [-0.15, -0.1) is 8.80 Å². The van der Waals surface area contributed by atoms with E-state index in [2.05, 4.69) is 14.1 Å². The van der Waals surface area contributed by atoms with Crippen LogP contribution in [-0.4, -0.2) is 51.6 Å². The van der Waals surface area contributed by atoms with E-state index in [1.807, 2.05) is 0 Å². The van der Waals surface area contributed by atoms with E-state index >= 15 is 0 Å². The van der Waals surface area contributed by atoms with Crippen molar-refractivity contribution in [3.8, 4) is 5.75 Å². The number of carbonyl (C=O) groups is 1. The molecule has 2 aliphatic heterocycles. The molecule has 0 aliphatic carbocycles. The molecule has 2 N–H and O–H groups in total. The van der Waals surface area contributed by atoms with Gasteiger partial charge in [0.05, 0.1) is 17.9 Å². The van der Waals surface area contributed by atoms with Crippen molar-refractivity contribution in [3.63, 3.8) is 0 Å². The van der Waals surface area contributed by atoms with E-state index in [0.717, 1.165) is 19.3 Å². The van der Waals surface area contributed by atoms with Gasteiger partial charge in [-0.2, -0.15) is 0 Å². The second kappa shape index (κ2) is 7.64. The third-order valence-electron chi connectivity index (χ3n) is 3.98. The van der Waals surface area contributed by atoms with Crippen molar-refractivity contribution in [3.05, 3.63) is 23.8 Å². The fourth-order valence-corrected chi connectivity index (χ4v) is 3.37. The SMILES string of the molecule is CCOC1=NS(=O)N=C1Nc1cccc(C(=O)N2CCCCC2)c1O. The van der Waals surface area contributed by atoms with Gasteiger partial charge in [0, 0.05) is 13.1 Å². The van der Waals surface area contributed by atoms with Gasteiger partial charge in [0.1, 0.15) is 0 Å². The quantitative estimate of drug-likeness (QED) is 0.797. The first-order chi connectivity index (χ1) is 12.1. The van der Waals surface area contributed by atoms with Crippen molar-refractivity contribution in [2.45, 2.75) is 26.2 Å². The highest BCUT2D eigenvalue weighted by Gasteiger charge is 2.25. The molecular formula is C16H20N4O4S. The Bertz CT molecular complexity index is 757. The number of anilines is 1. The van der Waals surface area contributed by atoms with E-state index in [9.17, 15) is 14.1 Å². The third kappa shape index (κ3) is 3.81. The maximum absolute atomic E-state index is 12.6. The normalized spacial score (nSPS) is 20.0. The van der Waals surface area contributed by atoms with Crippen molar-refractivity contribution < 1.29 is 18.8 Å². The van der Waals surface area contributed by atoms with Crippen LogP contribution in [0.2, 0.25) is 0 Å². The highest BCUT2D eigenvalue weighted by atomic mass is 32.2. The lowest BCUT2D eigenvalue weighted by molar-refractivity contribution is 0.0721. The lowest BCUT2D eigenvalue weighted by Gasteiger charge is -2.27. The molecule has 0 saturated carbocycles. The second-order valence-electron chi connectivity index (χ2n) is 5.68. The Labute approximate surface area is 148 Å². The number of rotatable bonds is 3. The molecular weight excluding hydrogens is 344 g/mol. The number of nitrogens with one attached hydrogen (secondary N) is 1. The topological polar surface area (TPSA) is 104 Å². The van der Waals surface area contributed by atoms with Gasteiger partial charge >= 0.3 is 0 Å². The minimum atomic E-state index is -1.75. The minimum absolute atomic E-state index is 0.119.